The van der Waals surface area contributed by atoms with Gasteiger partial charge in [-0.3, -0.25) is 9.59 Å². The summed E-state index contributed by atoms with van der Waals surface area (Å²) in [4.78, 5) is 44.4. The number of carbonyl (C=O) groups is 4. The van der Waals surface area contributed by atoms with Gasteiger partial charge in [0.15, 0.2) is 0 Å². The van der Waals surface area contributed by atoms with Gasteiger partial charge in [-0.1, -0.05) is 0 Å². The fourth-order valence-electron chi connectivity index (χ4n) is 1.17. The van der Waals surface area contributed by atoms with Gasteiger partial charge in [0.1, 0.15) is 13.2 Å². The Morgan fingerprint density at radius 3 is 1.36 bits per heavy atom. The van der Waals surface area contributed by atoms with Crippen LogP contribution in [0.3, 0.4) is 0 Å². The summed E-state index contributed by atoms with van der Waals surface area (Å²) in [7, 11) is 0. The van der Waals surface area contributed by atoms with Crippen molar-refractivity contribution in [1.82, 2.24) is 0 Å². The highest BCUT2D eigenvalue weighted by Gasteiger charge is 2.06. The van der Waals surface area contributed by atoms with E-state index in [2.05, 4.69) is 18.9 Å². The molecule has 0 radical (unpaired) electrons. The molecule has 22 heavy (non-hydrogen) atoms. The van der Waals surface area contributed by atoms with E-state index in [-0.39, 0.29) is 39.3 Å². The Morgan fingerprint density at radius 2 is 1.05 bits per heavy atom. The minimum absolute atomic E-state index is 0.0581. The lowest BCUT2D eigenvalue weighted by molar-refractivity contribution is -0.149. The minimum Gasteiger partial charge on any atom is -0.466 e. The number of hydrogen-bond donors (Lipinski definition) is 0. The van der Waals surface area contributed by atoms with Crippen molar-refractivity contribution >= 4 is 23.9 Å². The average molecular weight is 316 g/mol. The molecule has 124 valence electrons. The SMILES string of the molecule is CCOC(=O)CCOC(=O)/C=C/C(=O)OCCC(=O)OCC. The molecule has 0 aliphatic rings. The first-order valence-corrected chi connectivity index (χ1v) is 6.82. The standard InChI is InChI=1S/C14H20O8/c1-3-19-13(17)7-9-21-11(15)5-6-12(16)22-10-8-14(18)20-4-2/h5-6H,3-4,7-10H2,1-2H3/b6-5+. The Bertz CT molecular complexity index is 375. The molecule has 0 aliphatic heterocycles. The first-order valence-electron chi connectivity index (χ1n) is 6.82. The molecule has 0 N–H and O–H groups in total. The molecule has 0 spiro atoms. The van der Waals surface area contributed by atoms with Crippen LogP contribution >= 0.6 is 0 Å². The second-order valence-electron chi connectivity index (χ2n) is 3.78. The third kappa shape index (κ3) is 11.4. The second-order valence-corrected chi connectivity index (χ2v) is 3.78. The zero-order valence-electron chi connectivity index (χ0n) is 12.7. The zero-order chi connectivity index (χ0) is 16.8. The fraction of sp³-hybridized carbons (Fsp3) is 0.571. The number of hydrogen-bond acceptors (Lipinski definition) is 8. The number of esters is 4. The van der Waals surface area contributed by atoms with Gasteiger partial charge >= 0.3 is 23.9 Å². The monoisotopic (exact) mass is 316 g/mol. The van der Waals surface area contributed by atoms with Gasteiger partial charge in [-0.05, 0) is 13.8 Å². The van der Waals surface area contributed by atoms with Crippen molar-refractivity contribution in [3.05, 3.63) is 12.2 Å². The lowest BCUT2D eigenvalue weighted by atomic mass is 10.4. The third-order valence-electron chi connectivity index (χ3n) is 2.07. The van der Waals surface area contributed by atoms with Gasteiger partial charge < -0.3 is 18.9 Å². The molecule has 0 aromatic rings. The number of ether oxygens (including phenoxy) is 4. The summed E-state index contributed by atoms with van der Waals surface area (Å²) >= 11 is 0. The van der Waals surface area contributed by atoms with E-state index in [1.807, 2.05) is 0 Å². The van der Waals surface area contributed by atoms with E-state index in [1.165, 1.54) is 0 Å². The molecular weight excluding hydrogens is 296 g/mol. The average Bonchev–Trinajstić information content (AvgIpc) is 2.45. The highest BCUT2D eigenvalue weighted by molar-refractivity contribution is 5.91. The lowest BCUT2D eigenvalue weighted by Crippen LogP contribution is -2.12. The number of rotatable bonds is 10. The van der Waals surface area contributed by atoms with Crippen molar-refractivity contribution < 1.29 is 38.1 Å². The Hall–Kier alpha value is -2.38. The summed E-state index contributed by atoms with van der Waals surface area (Å²) in [6, 6.07) is 0. The van der Waals surface area contributed by atoms with Gasteiger partial charge in [-0.25, -0.2) is 9.59 Å². The van der Waals surface area contributed by atoms with Crippen molar-refractivity contribution in [3.63, 3.8) is 0 Å². The van der Waals surface area contributed by atoms with Crippen LogP contribution in [0.1, 0.15) is 26.7 Å². The lowest BCUT2D eigenvalue weighted by Gasteiger charge is -2.03. The highest BCUT2D eigenvalue weighted by atomic mass is 16.6. The van der Waals surface area contributed by atoms with E-state index in [0.717, 1.165) is 12.2 Å². The van der Waals surface area contributed by atoms with Crippen molar-refractivity contribution in [1.29, 1.82) is 0 Å². The van der Waals surface area contributed by atoms with E-state index in [1.54, 1.807) is 13.8 Å². The third-order valence-corrected chi connectivity index (χ3v) is 2.07. The highest BCUT2D eigenvalue weighted by Crippen LogP contribution is 1.92. The summed E-state index contributed by atoms with van der Waals surface area (Å²) in [6.07, 6.45) is 1.63. The van der Waals surface area contributed by atoms with Crippen molar-refractivity contribution in [3.8, 4) is 0 Å². The molecule has 0 saturated heterocycles. The second kappa shape index (κ2) is 12.4. The van der Waals surface area contributed by atoms with Gasteiger partial charge in [-0.15, -0.1) is 0 Å². The van der Waals surface area contributed by atoms with Gasteiger partial charge in [-0.2, -0.15) is 0 Å². The largest absolute Gasteiger partial charge is 0.466 e. The van der Waals surface area contributed by atoms with Gasteiger partial charge in [0.25, 0.3) is 0 Å². The van der Waals surface area contributed by atoms with E-state index < -0.39 is 23.9 Å². The van der Waals surface area contributed by atoms with Crippen LogP contribution in [0.25, 0.3) is 0 Å². The van der Waals surface area contributed by atoms with E-state index >= 15 is 0 Å². The van der Waals surface area contributed by atoms with Gasteiger partial charge in [0, 0.05) is 12.2 Å². The molecule has 0 rings (SSSR count). The van der Waals surface area contributed by atoms with Crippen LogP contribution in [0.2, 0.25) is 0 Å². The molecule has 0 unspecified atom stereocenters. The summed E-state index contributed by atoms with van der Waals surface area (Å²) in [5.41, 5.74) is 0. The molecule has 0 atom stereocenters. The van der Waals surface area contributed by atoms with Crippen LogP contribution in [-0.4, -0.2) is 50.3 Å². The molecule has 0 heterocycles. The Morgan fingerprint density at radius 1 is 0.682 bits per heavy atom. The quantitative estimate of drug-likeness (QED) is 0.326. The van der Waals surface area contributed by atoms with Crippen LogP contribution in [0, 0.1) is 0 Å². The van der Waals surface area contributed by atoms with Crippen LogP contribution in [0.15, 0.2) is 12.2 Å². The summed E-state index contributed by atoms with van der Waals surface area (Å²) in [5, 5.41) is 0. The first-order chi connectivity index (χ1) is 10.5. The fourth-order valence-corrected chi connectivity index (χ4v) is 1.17. The maximum absolute atomic E-state index is 11.2. The minimum atomic E-state index is -0.786. The Balaban J connectivity index is 3.80. The maximum atomic E-state index is 11.2. The topological polar surface area (TPSA) is 105 Å². The smallest absolute Gasteiger partial charge is 0.331 e. The summed E-state index contributed by atoms with van der Waals surface area (Å²) in [5.74, 6) is -2.52. The normalized spacial score (nSPS) is 10.1. The molecule has 0 aliphatic carbocycles. The Labute approximate surface area is 128 Å². The molecular formula is C14H20O8. The first kappa shape index (κ1) is 19.6. The van der Waals surface area contributed by atoms with Crippen LogP contribution < -0.4 is 0 Å². The predicted octanol–water partition coefficient (Wildman–Crippen LogP) is 0.535. The van der Waals surface area contributed by atoms with Gasteiger partial charge in [0.2, 0.25) is 0 Å². The summed E-state index contributed by atoms with van der Waals surface area (Å²) < 4.78 is 18.6. The summed E-state index contributed by atoms with van der Waals surface area (Å²) in [6.45, 7) is 3.56. The number of carbonyl (C=O) groups excluding carboxylic acids is 4. The zero-order valence-corrected chi connectivity index (χ0v) is 12.7. The van der Waals surface area contributed by atoms with Crippen molar-refractivity contribution in [2.75, 3.05) is 26.4 Å². The molecule has 0 fully saturated rings. The van der Waals surface area contributed by atoms with Crippen LogP contribution in [-0.2, 0) is 38.1 Å². The molecule has 0 aromatic heterocycles. The molecule has 8 heteroatoms. The molecule has 8 nitrogen and oxygen atoms in total. The van der Waals surface area contributed by atoms with Crippen LogP contribution in [0.4, 0.5) is 0 Å². The van der Waals surface area contributed by atoms with Crippen molar-refractivity contribution in [2.24, 2.45) is 0 Å². The van der Waals surface area contributed by atoms with E-state index in [0.29, 0.717) is 0 Å². The molecule has 0 amide bonds. The van der Waals surface area contributed by atoms with E-state index in [9.17, 15) is 19.2 Å². The molecule has 0 saturated carbocycles. The molecule has 0 aromatic carbocycles. The maximum Gasteiger partial charge on any atom is 0.331 e. The van der Waals surface area contributed by atoms with Crippen molar-refractivity contribution in [2.45, 2.75) is 26.7 Å². The van der Waals surface area contributed by atoms with Crippen LogP contribution in [0.5, 0.6) is 0 Å². The Kier molecular flexibility index (Phi) is 11.0. The van der Waals surface area contributed by atoms with Gasteiger partial charge in [0.05, 0.1) is 26.1 Å². The predicted molar refractivity (Wildman–Crippen MR) is 73.6 cm³/mol. The molecule has 0 bridgehead atoms. The van der Waals surface area contributed by atoms with E-state index in [4.69, 9.17) is 0 Å².